The molecule has 1 aliphatic rings. The third kappa shape index (κ3) is 2.76. The summed E-state index contributed by atoms with van der Waals surface area (Å²) in [5.74, 6) is -1.31. The van der Waals surface area contributed by atoms with Crippen LogP contribution in [0.2, 0.25) is 10.0 Å². The van der Waals surface area contributed by atoms with Gasteiger partial charge >= 0.3 is 0 Å². The molecule has 0 N–H and O–H groups in total. The fraction of sp³-hybridized carbons (Fsp3) is 0.357. The number of hydrogen-bond donors (Lipinski definition) is 0. The molecule has 1 heterocycles. The maximum Gasteiger partial charge on any atom is 0.262 e. The molecule has 112 valence electrons. The first-order valence-electron chi connectivity index (χ1n) is 6.53. The fourth-order valence-corrected chi connectivity index (χ4v) is 2.57. The van der Waals surface area contributed by atoms with Crippen molar-refractivity contribution in [3.63, 3.8) is 0 Å². The average Bonchev–Trinajstić information content (AvgIpc) is 2.66. The Bertz CT molecular complexity index is 586. The third-order valence-corrected chi connectivity index (χ3v) is 4.14. The second-order valence-corrected chi connectivity index (χ2v) is 5.39. The van der Waals surface area contributed by atoms with Gasteiger partial charge in [0.1, 0.15) is 6.54 Å². The predicted molar refractivity (Wildman–Crippen MR) is 79.8 cm³/mol. The Hall–Kier alpha value is -1.59. The van der Waals surface area contributed by atoms with Gasteiger partial charge in [-0.2, -0.15) is 0 Å². The van der Waals surface area contributed by atoms with Crippen LogP contribution in [-0.4, -0.2) is 47.2 Å². The molecule has 21 heavy (non-hydrogen) atoms. The van der Waals surface area contributed by atoms with Gasteiger partial charge in [-0.1, -0.05) is 23.2 Å². The van der Waals surface area contributed by atoms with E-state index in [1.807, 2.05) is 13.8 Å². The van der Waals surface area contributed by atoms with Crippen LogP contribution in [-0.2, 0) is 4.79 Å². The number of nitrogens with zero attached hydrogens (tertiary/aromatic N) is 2. The second-order valence-electron chi connectivity index (χ2n) is 4.57. The van der Waals surface area contributed by atoms with Gasteiger partial charge in [0.05, 0.1) is 21.2 Å². The monoisotopic (exact) mass is 328 g/mol. The van der Waals surface area contributed by atoms with E-state index in [0.717, 1.165) is 4.90 Å². The molecule has 0 saturated carbocycles. The zero-order valence-electron chi connectivity index (χ0n) is 11.7. The van der Waals surface area contributed by atoms with Crippen molar-refractivity contribution in [2.45, 2.75) is 13.8 Å². The highest BCUT2D eigenvalue weighted by atomic mass is 35.5. The van der Waals surface area contributed by atoms with Crippen molar-refractivity contribution in [2.75, 3.05) is 19.6 Å². The molecule has 0 unspecified atom stereocenters. The minimum Gasteiger partial charge on any atom is -0.342 e. The number of carbonyl (C=O) groups excluding carboxylic acids is 3. The van der Waals surface area contributed by atoms with Crippen LogP contribution in [0.4, 0.5) is 0 Å². The maximum absolute atomic E-state index is 12.2. The molecule has 0 aromatic heterocycles. The smallest absolute Gasteiger partial charge is 0.262 e. The second kappa shape index (κ2) is 6.03. The van der Waals surface area contributed by atoms with Crippen LogP contribution in [0.3, 0.4) is 0 Å². The Morgan fingerprint density at radius 2 is 1.48 bits per heavy atom. The highest BCUT2D eigenvalue weighted by Gasteiger charge is 2.37. The number of imide groups is 1. The maximum atomic E-state index is 12.2. The minimum atomic E-state index is -0.519. The van der Waals surface area contributed by atoms with E-state index in [2.05, 4.69) is 0 Å². The molecular formula is C14H14Cl2N2O3. The van der Waals surface area contributed by atoms with Crippen LogP contribution < -0.4 is 0 Å². The standard InChI is InChI=1S/C14H14Cl2N2O3/c1-3-17(4-2)12(19)7-18-13(20)8-5-10(15)11(16)6-9(8)14(18)21/h5-6H,3-4,7H2,1-2H3. The van der Waals surface area contributed by atoms with E-state index in [9.17, 15) is 14.4 Å². The number of carbonyl (C=O) groups is 3. The van der Waals surface area contributed by atoms with Gasteiger partial charge < -0.3 is 4.90 Å². The molecule has 0 bridgehead atoms. The summed E-state index contributed by atoms with van der Waals surface area (Å²) >= 11 is 11.7. The van der Waals surface area contributed by atoms with Crippen molar-refractivity contribution in [3.8, 4) is 0 Å². The van der Waals surface area contributed by atoms with Gasteiger partial charge in [-0.25, -0.2) is 0 Å². The van der Waals surface area contributed by atoms with Gasteiger partial charge in [-0.3, -0.25) is 19.3 Å². The molecule has 1 aromatic rings. The molecule has 7 heteroatoms. The molecule has 5 nitrogen and oxygen atoms in total. The molecule has 0 fully saturated rings. The van der Waals surface area contributed by atoms with E-state index in [4.69, 9.17) is 23.2 Å². The molecule has 0 saturated heterocycles. The van der Waals surface area contributed by atoms with E-state index in [0.29, 0.717) is 13.1 Å². The number of hydrogen-bond acceptors (Lipinski definition) is 3. The number of benzene rings is 1. The van der Waals surface area contributed by atoms with Crippen LogP contribution in [0, 0.1) is 0 Å². The highest BCUT2D eigenvalue weighted by Crippen LogP contribution is 2.31. The summed E-state index contributed by atoms with van der Waals surface area (Å²) in [6, 6.07) is 2.72. The van der Waals surface area contributed by atoms with Crippen LogP contribution in [0.15, 0.2) is 12.1 Å². The molecule has 2 rings (SSSR count). The van der Waals surface area contributed by atoms with E-state index >= 15 is 0 Å². The summed E-state index contributed by atoms with van der Waals surface area (Å²) in [5.41, 5.74) is 0.364. The first-order valence-corrected chi connectivity index (χ1v) is 7.29. The van der Waals surface area contributed by atoms with Gasteiger partial charge in [0.15, 0.2) is 0 Å². The SMILES string of the molecule is CCN(CC)C(=O)CN1C(=O)c2cc(Cl)c(Cl)cc2C1=O. The molecule has 3 amide bonds. The van der Waals surface area contributed by atoms with E-state index in [1.165, 1.54) is 12.1 Å². The Balaban J connectivity index is 2.28. The minimum absolute atomic E-state index is 0.182. The quantitative estimate of drug-likeness (QED) is 0.798. The number of halogens is 2. The summed E-state index contributed by atoms with van der Waals surface area (Å²) in [6.45, 7) is 4.45. The Kier molecular flexibility index (Phi) is 4.54. The van der Waals surface area contributed by atoms with Crippen LogP contribution in [0.1, 0.15) is 34.6 Å². The first-order chi connectivity index (χ1) is 9.90. The number of amides is 3. The van der Waals surface area contributed by atoms with Gasteiger partial charge in [0.25, 0.3) is 11.8 Å². The van der Waals surface area contributed by atoms with Crippen LogP contribution in [0.25, 0.3) is 0 Å². The van der Waals surface area contributed by atoms with Gasteiger partial charge in [0.2, 0.25) is 5.91 Å². The predicted octanol–water partition coefficient (Wildman–Crippen LogP) is 2.46. The summed E-state index contributed by atoms with van der Waals surface area (Å²) in [5, 5.41) is 0.405. The lowest BCUT2D eigenvalue weighted by atomic mass is 10.1. The molecule has 1 aromatic carbocycles. The van der Waals surface area contributed by atoms with Gasteiger partial charge in [0, 0.05) is 13.1 Å². The average molecular weight is 329 g/mol. The van der Waals surface area contributed by atoms with Crippen molar-refractivity contribution in [1.82, 2.24) is 9.80 Å². The first kappa shape index (κ1) is 15.8. The number of likely N-dealkylation sites (N-methyl/N-ethyl adjacent to an activating group) is 1. The van der Waals surface area contributed by atoms with E-state index in [-0.39, 0.29) is 33.6 Å². The summed E-state index contributed by atoms with van der Waals surface area (Å²) in [7, 11) is 0. The van der Waals surface area contributed by atoms with E-state index in [1.54, 1.807) is 4.90 Å². The lowest BCUT2D eigenvalue weighted by Crippen LogP contribution is -2.42. The lowest BCUT2D eigenvalue weighted by molar-refractivity contribution is -0.131. The molecule has 0 spiro atoms. The third-order valence-electron chi connectivity index (χ3n) is 3.42. The van der Waals surface area contributed by atoms with Crippen molar-refractivity contribution >= 4 is 40.9 Å². The summed E-state index contributed by atoms with van der Waals surface area (Å²) < 4.78 is 0. The Labute approximate surface area is 132 Å². The zero-order valence-corrected chi connectivity index (χ0v) is 13.2. The van der Waals surface area contributed by atoms with Gasteiger partial charge in [-0.15, -0.1) is 0 Å². The Morgan fingerprint density at radius 3 is 1.86 bits per heavy atom. The highest BCUT2D eigenvalue weighted by molar-refractivity contribution is 6.43. The topological polar surface area (TPSA) is 57.7 Å². The molecule has 0 atom stereocenters. The molecule has 0 aliphatic carbocycles. The zero-order chi connectivity index (χ0) is 15.7. The normalized spacial score (nSPS) is 13.6. The molecule has 1 aliphatic heterocycles. The largest absolute Gasteiger partial charge is 0.342 e. The fourth-order valence-electron chi connectivity index (χ4n) is 2.24. The number of fused-ring (bicyclic) bond motifs is 1. The molecule has 0 radical (unpaired) electrons. The van der Waals surface area contributed by atoms with Crippen LogP contribution >= 0.6 is 23.2 Å². The Morgan fingerprint density at radius 1 is 1.05 bits per heavy atom. The summed E-state index contributed by atoms with van der Waals surface area (Å²) in [4.78, 5) is 39.0. The lowest BCUT2D eigenvalue weighted by Gasteiger charge is -2.21. The van der Waals surface area contributed by atoms with Gasteiger partial charge in [-0.05, 0) is 26.0 Å². The van der Waals surface area contributed by atoms with Crippen molar-refractivity contribution in [3.05, 3.63) is 33.3 Å². The summed E-state index contributed by atoms with van der Waals surface area (Å²) in [6.07, 6.45) is 0. The van der Waals surface area contributed by atoms with Crippen molar-refractivity contribution < 1.29 is 14.4 Å². The van der Waals surface area contributed by atoms with E-state index < -0.39 is 11.8 Å². The number of rotatable bonds is 4. The van der Waals surface area contributed by atoms with Crippen molar-refractivity contribution in [2.24, 2.45) is 0 Å². The molecular weight excluding hydrogens is 315 g/mol. The van der Waals surface area contributed by atoms with Crippen LogP contribution in [0.5, 0.6) is 0 Å². The van der Waals surface area contributed by atoms with Crippen molar-refractivity contribution in [1.29, 1.82) is 0 Å².